The van der Waals surface area contributed by atoms with Gasteiger partial charge in [-0.2, -0.15) is 0 Å². The van der Waals surface area contributed by atoms with Crippen LogP contribution in [0.2, 0.25) is 0 Å². The van der Waals surface area contributed by atoms with Crippen LogP contribution in [-0.2, 0) is 23.8 Å². The molecule has 6 heteroatoms. The molecular weight excluding hydrogens is 226 g/mol. The summed E-state index contributed by atoms with van der Waals surface area (Å²) in [4.78, 5) is 21.4. The van der Waals surface area contributed by atoms with E-state index >= 15 is 0 Å². The lowest BCUT2D eigenvalue weighted by Crippen LogP contribution is -2.29. The molecule has 0 saturated carbocycles. The minimum atomic E-state index is -0.404. The summed E-state index contributed by atoms with van der Waals surface area (Å²) in [6, 6.07) is 0. The van der Waals surface area contributed by atoms with Gasteiger partial charge < -0.3 is 19.6 Å². The zero-order chi connectivity index (χ0) is 13.1. The average molecular weight is 245 g/mol. The predicted octanol–water partition coefficient (Wildman–Crippen LogP) is 0.232. The smallest absolute Gasteiger partial charge is 0.155 e. The minimum absolute atomic E-state index is 0.0119. The van der Waals surface area contributed by atoms with Crippen LogP contribution in [0.15, 0.2) is 0 Å². The molecule has 0 spiro atoms. The highest BCUT2D eigenvalue weighted by atomic mass is 16.6. The molecule has 98 valence electrons. The molecule has 17 heavy (non-hydrogen) atoms. The second-order valence-electron chi connectivity index (χ2n) is 3.59. The third kappa shape index (κ3) is 11.2. The molecule has 0 aliphatic carbocycles. The van der Waals surface area contributed by atoms with Gasteiger partial charge in [-0.15, -0.1) is 0 Å². The van der Waals surface area contributed by atoms with Crippen molar-refractivity contribution in [1.29, 1.82) is 5.41 Å². The highest BCUT2D eigenvalue weighted by Gasteiger charge is 2.11. The Kier molecular flexibility index (Phi) is 9.41. The van der Waals surface area contributed by atoms with Crippen LogP contribution in [0.25, 0.3) is 0 Å². The van der Waals surface area contributed by atoms with Crippen molar-refractivity contribution in [2.24, 2.45) is 0 Å². The van der Waals surface area contributed by atoms with Gasteiger partial charge >= 0.3 is 0 Å². The van der Waals surface area contributed by atoms with E-state index < -0.39 is 6.10 Å². The predicted molar refractivity (Wildman–Crippen MR) is 61.5 cm³/mol. The van der Waals surface area contributed by atoms with E-state index in [1.165, 1.54) is 13.8 Å². The molecular formula is C11H19NO5. The quantitative estimate of drug-likeness (QED) is 0.416. The van der Waals surface area contributed by atoms with Crippen molar-refractivity contribution in [1.82, 2.24) is 0 Å². The Hall–Kier alpha value is -1.11. The molecule has 0 aliphatic heterocycles. The summed E-state index contributed by atoms with van der Waals surface area (Å²) in [5, 5.41) is 6.79. The third-order valence-corrected chi connectivity index (χ3v) is 1.64. The summed E-state index contributed by atoms with van der Waals surface area (Å²) in [6.45, 7) is 3.45. The van der Waals surface area contributed by atoms with Gasteiger partial charge in [0.2, 0.25) is 0 Å². The van der Waals surface area contributed by atoms with Crippen molar-refractivity contribution < 1.29 is 23.8 Å². The molecule has 0 aromatic carbocycles. The topological polar surface area (TPSA) is 85.7 Å². The average Bonchev–Trinajstić information content (AvgIpc) is 2.24. The van der Waals surface area contributed by atoms with Crippen molar-refractivity contribution in [3.05, 3.63) is 0 Å². The lowest BCUT2D eigenvalue weighted by molar-refractivity contribution is -0.130. The van der Waals surface area contributed by atoms with Gasteiger partial charge in [-0.25, -0.2) is 0 Å². The third-order valence-electron chi connectivity index (χ3n) is 1.64. The van der Waals surface area contributed by atoms with Crippen LogP contribution in [0, 0.1) is 5.41 Å². The number of hydrogen-bond donors (Lipinski definition) is 1. The second-order valence-corrected chi connectivity index (χ2v) is 3.59. The Morgan fingerprint density at radius 1 is 1.12 bits per heavy atom. The Morgan fingerprint density at radius 2 is 1.71 bits per heavy atom. The fourth-order valence-corrected chi connectivity index (χ4v) is 0.972. The first-order valence-electron chi connectivity index (χ1n) is 5.31. The lowest BCUT2D eigenvalue weighted by Gasteiger charge is -2.16. The Labute approximate surface area is 101 Å². The Balaban J connectivity index is 3.86. The molecule has 1 unspecified atom stereocenters. The molecule has 0 fully saturated rings. The molecule has 6 nitrogen and oxygen atoms in total. The summed E-state index contributed by atoms with van der Waals surface area (Å²) < 4.78 is 15.4. The van der Waals surface area contributed by atoms with Crippen molar-refractivity contribution in [2.75, 3.05) is 33.0 Å². The highest BCUT2D eigenvalue weighted by molar-refractivity contribution is 5.77. The van der Waals surface area contributed by atoms with Crippen molar-refractivity contribution in [3.63, 3.8) is 0 Å². The van der Waals surface area contributed by atoms with Crippen LogP contribution in [0.4, 0.5) is 0 Å². The molecule has 0 radical (unpaired) electrons. The van der Waals surface area contributed by atoms with Gasteiger partial charge in [0, 0.05) is 6.21 Å². The summed E-state index contributed by atoms with van der Waals surface area (Å²) in [7, 11) is 0. The minimum Gasteiger partial charge on any atom is -0.373 e. The standard InChI is InChI=1S/C11H19NO5/c1-9(13)5-16-8-11(7-15-4-3-12)17-6-10(2)14/h3,11-12H,4-8H2,1-2H3. The van der Waals surface area contributed by atoms with E-state index in [1.54, 1.807) is 0 Å². The van der Waals surface area contributed by atoms with E-state index in [9.17, 15) is 9.59 Å². The summed E-state index contributed by atoms with van der Waals surface area (Å²) in [6.07, 6.45) is 0.719. The molecule has 0 rings (SSSR count). The van der Waals surface area contributed by atoms with E-state index in [1.807, 2.05) is 0 Å². The van der Waals surface area contributed by atoms with E-state index in [-0.39, 0.29) is 44.6 Å². The first-order chi connectivity index (χ1) is 8.06. The lowest BCUT2D eigenvalue weighted by atomic mass is 10.4. The summed E-state index contributed by atoms with van der Waals surface area (Å²) >= 11 is 0. The van der Waals surface area contributed by atoms with Crippen molar-refractivity contribution in [2.45, 2.75) is 20.0 Å². The van der Waals surface area contributed by atoms with Crippen molar-refractivity contribution >= 4 is 17.8 Å². The normalized spacial score (nSPS) is 12.1. The van der Waals surface area contributed by atoms with Gasteiger partial charge in [-0.05, 0) is 13.8 Å². The molecule has 0 saturated heterocycles. The number of carbonyl (C=O) groups is 2. The van der Waals surface area contributed by atoms with E-state index in [2.05, 4.69) is 0 Å². The SMILES string of the molecule is CC(=O)COCC(COCC=N)OCC(C)=O. The number of Topliss-reactive ketones (excluding diaryl/α,β-unsaturated/α-hetero) is 2. The Bertz CT molecular complexity index is 254. The fraction of sp³-hybridized carbons (Fsp3) is 0.727. The van der Waals surface area contributed by atoms with Crippen LogP contribution in [0.1, 0.15) is 13.8 Å². The molecule has 0 aliphatic rings. The first kappa shape index (κ1) is 15.9. The van der Waals surface area contributed by atoms with Crippen LogP contribution >= 0.6 is 0 Å². The van der Waals surface area contributed by atoms with E-state index in [4.69, 9.17) is 19.6 Å². The maximum atomic E-state index is 10.8. The Morgan fingerprint density at radius 3 is 2.24 bits per heavy atom. The number of rotatable bonds is 11. The summed E-state index contributed by atoms with van der Waals surface area (Å²) in [5.41, 5.74) is 0. The largest absolute Gasteiger partial charge is 0.373 e. The van der Waals surface area contributed by atoms with Crippen LogP contribution in [-0.4, -0.2) is 56.9 Å². The summed E-state index contributed by atoms with van der Waals surface area (Å²) in [5.74, 6) is -0.163. The van der Waals surface area contributed by atoms with Crippen LogP contribution < -0.4 is 0 Å². The monoisotopic (exact) mass is 245 g/mol. The molecule has 1 N–H and O–H groups in total. The van der Waals surface area contributed by atoms with Crippen molar-refractivity contribution in [3.8, 4) is 0 Å². The van der Waals surface area contributed by atoms with Crippen LogP contribution in [0.3, 0.4) is 0 Å². The van der Waals surface area contributed by atoms with E-state index in [0.717, 1.165) is 6.21 Å². The number of ketones is 2. The maximum absolute atomic E-state index is 10.8. The van der Waals surface area contributed by atoms with Gasteiger partial charge in [0.15, 0.2) is 11.6 Å². The van der Waals surface area contributed by atoms with Gasteiger partial charge in [0.05, 0.1) is 19.8 Å². The molecule has 0 heterocycles. The molecule has 0 aromatic rings. The zero-order valence-electron chi connectivity index (χ0n) is 10.2. The molecule has 1 atom stereocenters. The van der Waals surface area contributed by atoms with Gasteiger partial charge in [0.1, 0.15) is 19.3 Å². The zero-order valence-corrected chi connectivity index (χ0v) is 10.2. The van der Waals surface area contributed by atoms with Crippen LogP contribution in [0.5, 0.6) is 0 Å². The van der Waals surface area contributed by atoms with E-state index in [0.29, 0.717) is 0 Å². The highest BCUT2D eigenvalue weighted by Crippen LogP contribution is 1.96. The fourth-order valence-electron chi connectivity index (χ4n) is 0.972. The number of carbonyl (C=O) groups excluding carboxylic acids is 2. The van der Waals surface area contributed by atoms with Gasteiger partial charge in [-0.3, -0.25) is 9.59 Å². The van der Waals surface area contributed by atoms with Gasteiger partial charge in [0.25, 0.3) is 0 Å². The number of nitrogens with one attached hydrogen (secondary N) is 1. The van der Waals surface area contributed by atoms with Gasteiger partial charge in [-0.1, -0.05) is 0 Å². The number of ether oxygens (including phenoxy) is 3. The number of hydrogen-bond acceptors (Lipinski definition) is 6. The maximum Gasteiger partial charge on any atom is 0.155 e. The first-order valence-corrected chi connectivity index (χ1v) is 5.31. The molecule has 0 aromatic heterocycles. The molecule has 0 bridgehead atoms. The second kappa shape index (κ2) is 10.1. The molecule has 0 amide bonds.